The second-order valence-electron chi connectivity index (χ2n) is 4.25. The lowest BCUT2D eigenvalue weighted by Gasteiger charge is -2.14. The quantitative estimate of drug-likeness (QED) is 0.861. The third kappa shape index (κ3) is 2.50. The molecule has 17 heavy (non-hydrogen) atoms. The van der Waals surface area contributed by atoms with Crippen LogP contribution in [-0.2, 0) is 0 Å². The molecule has 1 aromatic carbocycles. The first-order valence-electron chi connectivity index (χ1n) is 5.52. The molecule has 1 unspecified atom stereocenters. The Morgan fingerprint density at radius 3 is 2.65 bits per heavy atom. The number of aryl methyl sites for hydroxylation is 2. The highest BCUT2D eigenvalue weighted by Crippen LogP contribution is 2.21. The first-order valence-corrected chi connectivity index (χ1v) is 5.52. The van der Waals surface area contributed by atoms with Crippen molar-refractivity contribution >= 4 is 0 Å². The largest absolute Gasteiger partial charge is 0.319 e. The Hall–Kier alpha value is -1.74. The van der Waals surface area contributed by atoms with Crippen molar-refractivity contribution in [2.45, 2.75) is 19.9 Å². The summed E-state index contributed by atoms with van der Waals surface area (Å²) in [6.45, 7) is 3.95. The fraction of sp³-hybridized carbons (Fsp3) is 0.214. The number of benzene rings is 1. The van der Waals surface area contributed by atoms with Gasteiger partial charge in [0.05, 0.1) is 11.7 Å². The van der Waals surface area contributed by atoms with Crippen LogP contribution in [0.5, 0.6) is 0 Å². The molecule has 0 radical (unpaired) electrons. The maximum absolute atomic E-state index is 13.1. The van der Waals surface area contributed by atoms with Gasteiger partial charge in [-0.25, -0.2) is 4.39 Å². The Labute approximate surface area is 100 Å². The Balaban J connectivity index is 2.40. The average Bonchev–Trinajstić information content (AvgIpc) is 2.28. The molecule has 0 spiro atoms. The molecule has 0 aliphatic carbocycles. The van der Waals surface area contributed by atoms with Crippen molar-refractivity contribution in [2.75, 3.05) is 0 Å². The minimum absolute atomic E-state index is 0.275. The van der Waals surface area contributed by atoms with E-state index in [4.69, 9.17) is 5.73 Å². The minimum atomic E-state index is -0.383. The number of nitrogens with zero attached hydrogens (tertiary/aromatic N) is 1. The van der Waals surface area contributed by atoms with E-state index < -0.39 is 0 Å². The zero-order valence-electron chi connectivity index (χ0n) is 9.94. The zero-order valence-corrected chi connectivity index (χ0v) is 9.94. The van der Waals surface area contributed by atoms with E-state index in [1.165, 1.54) is 12.1 Å². The summed E-state index contributed by atoms with van der Waals surface area (Å²) < 4.78 is 13.1. The number of halogens is 1. The van der Waals surface area contributed by atoms with Crippen LogP contribution in [0.4, 0.5) is 4.39 Å². The van der Waals surface area contributed by atoms with Crippen LogP contribution in [0.2, 0.25) is 0 Å². The van der Waals surface area contributed by atoms with Crippen molar-refractivity contribution in [1.29, 1.82) is 0 Å². The fourth-order valence-electron chi connectivity index (χ4n) is 1.91. The van der Waals surface area contributed by atoms with Crippen LogP contribution in [0.1, 0.15) is 28.4 Å². The van der Waals surface area contributed by atoms with Crippen LogP contribution in [-0.4, -0.2) is 4.98 Å². The molecule has 2 N–H and O–H groups in total. The van der Waals surface area contributed by atoms with Crippen molar-refractivity contribution in [2.24, 2.45) is 5.73 Å². The summed E-state index contributed by atoms with van der Waals surface area (Å²) in [5.41, 5.74) is 9.76. The predicted octanol–water partition coefficient (Wildman–Crippen LogP) is 2.89. The molecule has 0 bridgehead atoms. The highest BCUT2D eigenvalue weighted by Gasteiger charge is 2.13. The monoisotopic (exact) mass is 230 g/mol. The van der Waals surface area contributed by atoms with Gasteiger partial charge in [-0.3, -0.25) is 4.98 Å². The van der Waals surface area contributed by atoms with Gasteiger partial charge < -0.3 is 5.73 Å². The molecule has 1 heterocycles. The summed E-state index contributed by atoms with van der Waals surface area (Å²) in [6.07, 6.45) is 1.78. The number of hydrogen-bond donors (Lipinski definition) is 1. The Bertz CT molecular complexity index is 537. The van der Waals surface area contributed by atoms with E-state index in [0.717, 1.165) is 22.4 Å². The van der Waals surface area contributed by atoms with Crippen molar-refractivity contribution in [3.05, 3.63) is 64.7 Å². The van der Waals surface area contributed by atoms with E-state index in [2.05, 4.69) is 4.98 Å². The van der Waals surface area contributed by atoms with Crippen molar-refractivity contribution in [3.8, 4) is 0 Å². The summed E-state index contributed by atoms with van der Waals surface area (Å²) in [4.78, 5) is 4.34. The molecule has 0 aliphatic heterocycles. The lowest BCUT2D eigenvalue weighted by Crippen LogP contribution is -2.15. The van der Waals surface area contributed by atoms with E-state index in [0.29, 0.717) is 0 Å². The second-order valence-corrected chi connectivity index (χ2v) is 4.25. The number of pyridine rings is 1. The molecule has 1 atom stereocenters. The highest BCUT2D eigenvalue weighted by atomic mass is 19.1. The SMILES string of the molecule is Cc1cnc(C(N)c2cccc(F)c2)c(C)c1. The first-order chi connectivity index (χ1) is 8.08. The summed E-state index contributed by atoms with van der Waals surface area (Å²) >= 11 is 0. The van der Waals surface area contributed by atoms with Gasteiger partial charge in [-0.1, -0.05) is 18.2 Å². The van der Waals surface area contributed by atoms with E-state index in [9.17, 15) is 4.39 Å². The Kier molecular flexibility index (Phi) is 3.20. The summed E-state index contributed by atoms with van der Waals surface area (Å²) in [7, 11) is 0. The highest BCUT2D eigenvalue weighted by molar-refractivity contribution is 5.33. The molecule has 0 fully saturated rings. The lowest BCUT2D eigenvalue weighted by molar-refractivity contribution is 0.623. The average molecular weight is 230 g/mol. The summed E-state index contributed by atoms with van der Waals surface area (Å²) in [5.74, 6) is -0.275. The predicted molar refractivity (Wildman–Crippen MR) is 66.1 cm³/mol. The molecule has 0 amide bonds. The van der Waals surface area contributed by atoms with Crippen LogP contribution in [0.3, 0.4) is 0 Å². The van der Waals surface area contributed by atoms with Gasteiger partial charge in [0, 0.05) is 6.20 Å². The zero-order chi connectivity index (χ0) is 12.4. The number of aromatic nitrogens is 1. The van der Waals surface area contributed by atoms with Crippen molar-refractivity contribution < 1.29 is 4.39 Å². The van der Waals surface area contributed by atoms with Gasteiger partial charge in [0.1, 0.15) is 5.82 Å². The maximum Gasteiger partial charge on any atom is 0.123 e. The number of hydrogen-bond acceptors (Lipinski definition) is 2. The van der Waals surface area contributed by atoms with E-state index in [-0.39, 0.29) is 11.9 Å². The van der Waals surface area contributed by atoms with Crippen LogP contribution in [0.15, 0.2) is 36.5 Å². The van der Waals surface area contributed by atoms with Crippen LogP contribution in [0.25, 0.3) is 0 Å². The molecule has 3 heteroatoms. The van der Waals surface area contributed by atoms with Crippen LogP contribution >= 0.6 is 0 Å². The first kappa shape index (κ1) is 11.7. The van der Waals surface area contributed by atoms with Crippen LogP contribution in [0, 0.1) is 19.7 Å². The van der Waals surface area contributed by atoms with Crippen LogP contribution < -0.4 is 5.73 Å². The summed E-state index contributed by atoms with van der Waals surface area (Å²) in [6, 6.07) is 7.98. The van der Waals surface area contributed by atoms with Gasteiger partial charge in [-0.05, 0) is 42.7 Å². The van der Waals surface area contributed by atoms with E-state index >= 15 is 0 Å². The van der Waals surface area contributed by atoms with Gasteiger partial charge in [-0.2, -0.15) is 0 Å². The standard InChI is InChI=1S/C14H15FN2/c1-9-6-10(2)14(17-8-9)13(16)11-4-3-5-12(15)7-11/h3-8,13H,16H2,1-2H3. The van der Waals surface area contributed by atoms with Gasteiger partial charge in [-0.15, -0.1) is 0 Å². The molecular weight excluding hydrogens is 215 g/mol. The fourth-order valence-corrected chi connectivity index (χ4v) is 1.91. The Morgan fingerprint density at radius 2 is 2.00 bits per heavy atom. The maximum atomic E-state index is 13.1. The second kappa shape index (κ2) is 4.63. The summed E-state index contributed by atoms with van der Waals surface area (Å²) in [5, 5.41) is 0. The number of rotatable bonds is 2. The lowest BCUT2D eigenvalue weighted by atomic mass is 10.00. The van der Waals surface area contributed by atoms with Gasteiger partial charge >= 0.3 is 0 Å². The Morgan fingerprint density at radius 1 is 1.24 bits per heavy atom. The minimum Gasteiger partial charge on any atom is -0.319 e. The molecule has 2 aromatic rings. The van der Waals surface area contributed by atoms with Crippen molar-refractivity contribution in [3.63, 3.8) is 0 Å². The van der Waals surface area contributed by atoms with Gasteiger partial charge in [0.15, 0.2) is 0 Å². The smallest absolute Gasteiger partial charge is 0.123 e. The molecule has 1 aromatic heterocycles. The molecule has 2 rings (SSSR count). The topological polar surface area (TPSA) is 38.9 Å². The molecule has 2 nitrogen and oxygen atoms in total. The third-order valence-electron chi connectivity index (χ3n) is 2.76. The normalized spacial score (nSPS) is 12.5. The van der Waals surface area contributed by atoms with Crippen molar-refractivity contribution in [1.82, 2.24) is 4.98 Å². The molecule has 0 saturated carbocycles. The third-order valence-corrected chi connectivity index (χ3v) is 2.76. The van der Waals surface area contributed by atoms with E-state index in [1.807, 2.05) is 26.0 Å². The number of nitrogens with two attached hydrogens (primary N) is 1. The molecule has 0 aliphatic rings. The van der Waals surface area contributed by atoms with E-state index in [1.54, 1.807) is 12.3 Å². The molecule has 0 saturated heterocycles. The molecular formula is C14H15FN2. The molecule has 88 valence electrons. The van der Waals surface area contributed by atoms with Gasteiger partial charge in [0.2, 0.25) is 0 Å². The van der Waals surface area contributed by atoms with Gasteiger partial charge in [0.25, 0.3) is 0 Å².